The number of carboxylic acids is 1. The number of H-pyrrole nitrogens is 1. The number of carbonyl (C=O) groups is 2. The molecule has 2 rings (SSSR count). The zero-order valence-electron chi connectivity index (χ0n) is 12.4. The third kappa shape index (κ3) is 3.22. The fraction of sp³-hybridized carbons (Fsp3) is 0.500. The van der Waals surface area contributed by atoms with Crippen LogP contribution < -0.4 is 5.56 Å². The molecule has 126 valence electrons. The Hall–Kier alpha value is -2.32. The van der Waals surface area contributed by atoms with Crippen molar-refractivity contribution >= 4 is 11.9 Å². The molecule has 0 aromatic carbocycles. The van der Waals surface area contributed by atoms with Crippen molar-refractivity contribution in [2.75, 3.05) is 13.1 Å². The van der Waals surface area contributed by atoms with Gasteiger partial charge in [0.15, 0.2) is 0 Å². The average Bonchev–Trinajstić information content (AvgIpc) is 2.82. The molecule has 1 amide bonds. The lowest BCUT2D eigenvalue weighted by atomic mass is 9.96. The summed E-state index contributed by atoms with van der Waals surface area (Å²) < 4.78 is 38.9. The number of halogens is 3. The number of hydrogen-bond acceptors (Lipinski definition) is 3. The van der Waals surface area contributed by atoms with Gasteiger partial charge in [-0.2, -0.15) is 13.2 Å². The SMILES string of the molecule is Cc1cc(C)c(C(=O)N2C[C@@H](C(F)(F)F)[C@H](C(=O)O)C2)c(=O)[nH]1. The normalized spacial score (nSPS) is 21.5. The second-order valence-electron chi connectivity index (χ2n) is 5.64. The molecular formula is C14H15F3N2O4. The van der Waals surface area contributed by atoms with Gasteiger partial charge in [0.05, 0.1) is 11.8 Å². The zero-order valence-corrected chi connectivity index (χ0v) is 12.4. The Morgan fingerprint density at radius 1 is 1.30 bits per heavy atom. The number of aryl methyl sites for hydroxylation is 2. The molecule has 0 unspecified atom stereocenters. The summed E-state index contributed by atoms with van der Waals surface area (Å²) in [7, 11) is 0. The highest BCUT2D eigenvalue weighted by Crippen LogP contribution is 2.38. The number of alkyl halides is 3. The van der Waals surface area contributed by atoms with Crippen LogP contribution in [0.2, 0.25) is 0 Å². The number of aliphatic carboxylic acids is 1. The number of amides is 1. The van der Waals surface area contributed by atoms with E-state index in [0.29, 0.717) is 11.3 Å². The molecule has 0 radical (unpaired) electrons. The number of aromatic amines is 1. The molecule has 0 aliphatic carbocycles. The van der Waals surface area contributed by atoms with Gasteiger partial charge in [0, 0.05) is 18.8 Å². The van der Waals surface area contributed by atoms with Crippen LogP contribution in [0.4, 0.5) is 13.2 Å². The van der Waals surface area contributed by atoms with Gasteiger partial charge in [0.2, 0.25) is 0 Å². The molecule has 9 heteroatoms. The van der Waals surface area contributed by atoms with Crippen LogP contribution in [-0.2, 0) is 4.79 Å². The molecule has 2 atom stereocenters. The molecule has 2 heterocycles. The first-order valence-corrected chi connectivity index (χ1v) is 6.81. The Kier molecular flexibility index (Phi) is 4.23. The van der Waals surface area contributed by atoms with Gasteiger partial charge in [-0.3, -0.25) is 14.4 Å². The standard InChI is InChI=1S/C14H15F3N2O4/c1-6-3-7(2)18-11(20)10(6)12(21)19-4-8(13(22)23)9(5-19)14(15,16)17/h3,8-9H,4-5H2,1-2H3,(H,18,20)(H,22,23)/t8-,9-/m1/s1. The van der Waals surface area contributed by atoms with Gasteiger partial charge in [0.1, 0.15) is 5.56 Å². The monoisotopic (exact) mass is 332 g/mol. The van der Waals surface area contributed by atoms with Crippen LogP contribution in [0.25, 0.3) is 0 Å². The first-order valence-electron chi connectivity index (χ1n) is 6.81. The Morgan fingerprint density at radius 2 is 1.91 bits per heavy atom. The lowest BCUT2D eigenvalue weighted by Gasteiger charge is -2.18. The smallest absolute Gasteiger partial charge is 0.394 e. The van der Waals surface area contributed by atoms with Gasteiger partial charge in [-0.15, -0.1) is 0 Å². The lowest BCUT2D eigenvalue weighted by Crippen LogP contribution is -2.35. The zero-order chi connectivity index (χ0) is 17.5. The highest BCUT2D eigenvalue weighted by molar-refractivity contribution is 5.96. The van der Waals surface area contributed by atoms with E-state index in [-0.39, 0.29) is 5.56 Å². The predicted molar refractivity (Wildman–Crippen MR) is 73.1 cm³/mol. The van der Waals surface area contributed by atoms with Crippen LogP contribution in [0.5, 0.6) is 0 Å². The molecule has 6 nitrogen and oxygen atoms in total. The summed E-state index contributed by atoms with van der Waals surface area (Å²) >= 11 is 0. The van der Waals surface area contributed by atoms with E-state index >= 15 is 0 Å². The van der Waals surface area contributed by atoms with Crippen molar-refractivity contribution in [3.63, 3.8) is 0 Å². The number of nitrogens with one attached hydrogen (secondary N) is 1. The van der Waals surface area contributed by atoms with E-state index in [1.165, 1.54) is 13.0 Å². The van der Waals surface area contributed by atoms with E-state index in [9.17, 15) is 27.6 Å². The van der Waals surface area contributed by atoms with Gasteiger partial charge in [-0.05, 0) is 25.5 Å². The minimum atomic E-state index is -4.73. The summed E-state index contributed by atoms with van der Waals surface area (Å²) in [6.45, 7) is 1.76. The summed E-state index contributed by atoms with van der Waals surface area (Å²) in [5, 5.41) is 8.96. The molecule has 0 saturated carbocycles. The topological polar surface area (TPSA) is 90.5 Å². The Labute approximate surface area is 128 Å². The molecule has 1 aliphatic heterocycles. The number of carbonyl (C=O) groups excluding carboxylic acids is 1. The summed E-state index contributed by atoms with van der Waals surface area (Å²) in [4.78, 5) is 38.5. The van der Waals surface area contributed by atoms with Crippen molar-refractivity contribution in [3.8, 4) is 0 Å². The first kappa shape index (κ1) is 17.0. The van der Waals surface area contributed by atoms with Crippen molar-refractivity contribution in [3.05, 3.63) is 33.2 Å². The predicted octanol–water partition coefficient (Wildman–Crippen LogP) is 1.33. The molecule has 0 spiro atoms. The molecule has 2 N–H and O–H groups in total. The molecule has 1 aromatic heterocycles. The molecule has 1 aromatic rings. The summed E-state index contributed by atoms with van der Waals surface area (Å²) in [5.74, 6) is -6.38. The quantitative estimate of drug-likeness (QED) is 0.855. The molecular weight excluding hydrogens is 317 g/mol. The van der Waals surface area contributed by atoms with E-state index in [1.54, 1.807) is 6.92 Å². The maximum absolute atomic E-state index is 13.0. The highest BCUT2D eigenvalue weighted by atomic mass is 19.4. The van der Waals surface area contributed by atoms with Crippen LogP contribution in [0.1, 0.15) is 21.6 Å². The van der Waals surface area contributed by atoms with Crippen molar-refractivity contribution < 1.29 is 27.9 Å². The van der Waals surface area contributed by atoms with Crippen LogP contribution >= 0.6 is 0 Å². The van der Waals surface area contributed by atoms with Gasteiger partial charge in [0.25, 0.3) is 11.5 Å². The molecule has 0 bridgehead atoms. The first-order chi connectivity index (χ1) is 10.5. The van der Waals surface area contributed by atoms with E-state index in [4.69, 9.17) is 5.11 Å². The number of hydrogen-bond donors (Lipinski definition) is 2. The van der Waals surface area contributed by atoms with Crippen molar-refractivity contribution in [1.29, 1.82) is 0 Å². The Bertz CT molecular complexity index is 711. The largest absolute Gasteiger partial charge is 0.481 e. The summed E-state index contributed by atoms with van der Waals surface area (Å²) in [6, 6.07) is 1.53. The van der Waals surface area contributed by atoms with E-state index < -0.39 is 48.5 Å². The fourth-order valence-electron chi connectivity index (χ4n) is 2.83. The molecule has 23 heavy (non-hydrogen) atoms. The van der Waals surface area contributed by atoms with Crippen molar-refractivity contribution in [2.24, 2.45) is 11.8 Å². The third-order valence-corrected chi connectivity index (χ3v) is 3.92. The Morgan fingerprint density at radius 3 is 2.35 bits per heavy atom. The van der Waals surface area contributed by atoms with Crippen molar-refractivity contribution in [1.82, 2.24) is 9.88 Å². The molecule has 1 aliphatic rings. The van der Waals surface area contributed by atoms with E-state index in [0.717, 1.165) is 4.90 Å². The van der Waals surface area contributed by atoms with Crippen LogP contribution in [-0.4, -0.2) is 46.1 Å². The maximum atomic E-state index is 13.0. The number of nitrogens with zero attached hydrogens (tertiary/aromatic N) is 1. The van der Waals surface area contributed by atoms with Gasteiger partial charge in [-0.1, -0.05) is 0 Å². The van der Waals surface area contributed by atoms with Gasteiger partial charge in [-0.25, -0.2) is 0 Å². The summed E-state index contributed by atoms with van der Waals surface area (Å²) in [5.41, 5.74) is -0.113. The maximum Gasteiger partial charge on any atom is 0.394 e. The second-order valence-corrected chi connectivity index (χ2v) is 5.64. The average molecular weight is 332 g/mol. The highest BCUT2D eigenvalue weighted by Gasteiger charge is 2.53. The third-order valence-electron chi connectivity index (χ3n) is 3.92. The fourth-order valence-corrected chi connectivity index (χ4v) is 2.83. The van der Waals surface area contributed by atoms with E-state index in [1.807, 2.05) is 0 Å². The Balaban J connectivity index is 2.35. The minimum absolute atomic E-state index is 0.262. The van der Waals surface area contributed by atoms with Crippen LogP contribution in [0, 0.1) is 25.7 Å². The van der Waals surface area contributed by atoms with Crippen LogP contribution in [0.15, 0.2) is 10.9 Å². The van der Waals surface area contributed by atoms with Gasteiger partial charge >= 0.3 is 12.1 Å². The second kappa shape index (κ2) is 5.71. The van der Waals surface area contributed by atoms with Gasteiger partial charge < -0.3 is 15.0 Å². The number of rotatable bonds is 2. The number of likely N-dealkylation sites (tertiary alicyclic amines) is 1. The molecule has 1 fully saturated rings. The molecule has 1 saturated heterocycles. The lowest BCUT2D eigenvalue weighted by molar-refractivity contribution is -0.187. The number of aromatic nitrogens is 1. The summed E-state index contributed by atoms with van der Waals surface area (Å²) in [6.07, 6.45) is -4.73. The number of pyridine rings is 1. The van der Waals surface area contributed by atoms with Crippen molar-refractivity contribution in [2.45, 2.75) is 20.0 Å². The van der Waals surface area contributed by atoms with E-state index in [2.05, 4.69) is 4.98 Å². The van der Waals surface area contributed by atoms with Crippen LogP contribution in [0.3, 0.4) is 0 Å². The number of carboxylic acid groups (broad SMARTS) is 1. The minimum Gasteiger partial charge on any atom is -0.481 e.